The maximum Gasteiger partial charge on any atom is 0.241 e. The number of aromatic nitrogens is 3. The molecule has 0 fully saturated rings. The molecule has 0 aliphatic heterocycles. The fourth-order valence-electron chi connectivity index (χ4n) is 8.36. The van der Waals surface area contributed by atoms with Crippen LogP contribution in [0.5, 0.6) is 0 Å². The van der Waals surface area contributed by atoms with E-state index < -0.39 is 0 Å². The van der Waals surface area contributed by atoms with Gasteiger partial charge in [-0.1, -0.05) is 174 Å². The van der Waals surface area contributed by atoms with Crippen molar-refractivity contribution in [2.75, 3.05) is 0 Å². The van der Waals surface area contributed by atoms with Gasteiger partial charge < -0.3 is 4.42 Å². The number of rotatable bonds is 7. The monoisotopic (exact) mass is 801 g/mol. The van der Waals surface area contributed by atoms with Crippen LogP contribution in [-0.4, -0.2) is 21.7 Å². The molecule has 0 aliphatic carbocycles. The molecule has 0 amide bonds. The molecule has 0 unspecified atom stereocenters. The Kier molecular flexibility index (Phi) is 8.28. The molecule has 7 heteroatoms. The fraction of sp³-hybridized carbons (Fsp3) is 0. The number of fused-ring (bicyclic) bond motifs is 5. The van der Waals surface area contributed by atoms with Crippen LogP contribution in [0.1, 0.15) is 0 Å². The van der Waals surface area contributed by atoms with Gasteiger partial charge in [0.15, 0.2) is 5.58 Å². The third-order valence-corrected chi connectivity index (χ3v) is 13.6. The third-order valence-electron chi connectivity index (χ3n) is 11.5. The molecule has 0 radical (unpaired) electrons. The second-order valence-corrected chi connectivity index (χ2v) is 17.3. The molecule has 9 aromatic carbocycles. The SMILES string of the molecule is c1ccc(-c2ccc3nc(-c4ccc(B(c5ccc(-c6nc7cc8ccccc8cc7s6)cc5)c5ccc(-c6nc7cc8ccccc8cc7s6)cc5)cc4)oc3c2)cc1. The molecule has 0 saturated carbocycles. The number of hydrogen-bond donors (Lipinski definition) is 0. The van der Waals surface area contributed by atoms with E-state index in [0.29, 0.717) is 5.89 Å². The molecule has 0 atom stereocenters. The van der Waals surface area contributed by atoms with Crippen molar-refractivity contribution >= 4 is 98.9 Å². The summed E-state index contributed by atoms with van der Waals surface area (Å²) in [6, 6.07) is 69.0. The average molecular weight is 802 g/mol. The maximum absolute atomic E-state index is 6.36. The predicted molar refractivity (Wildman–Crippen MR) is 255 cm³/mol. The molecule has 0 aliphatic rings. The van der Waals surface area contributed by atoms with E-state index in [1.807, 2.05) is 12.1 Å². The Morgan fingerprint density at radius 1 is 0.350 bits per heavy atom. The van der Waals surface area contributed by atoms with Gasteiger partial charge >= 0.3 is 0 Å². The summed E-state index contributed by atoms with van der Waals surface area (Å²) in [5.74, 6) is 0.611. The van der Waals surface area contributed by atoms with Crippen molar-refractivity contribution in [1.82, 2.24) is 15.0 Å². The topological polar surface area (TPSA) is 51.8 Å². The Balaban J connectivity index is 0.898. The highest BCUT2D eigenvalue weighted by Crippen LogP contribution is 2.35. The van der Waals surface area contributed by atoms with Gasteiger partial charge in [0.05, 0.1) is 20.4 Å². The number of benzene rings is 9. The Morgan fingerprint density at radius 2 is 0.800 bits per heavy atom. The standard InChI is InChI=1S/C53H32BN3OS2/c1-2-8-33(9-3-1)41-20-27-45-48(30-41)58-51(55-45)34-14-21-42(22-15-34)54(43-23-16-35(17-24-43)52-56-46-28-37-10-4-6-12-39(37)31-49(46)59-52)44-25-18-36(19-26-44)53-57-47-29-38-11-5-7-13-40(38)32-50(47)60-53/h1-32H. The van der Waals surface area contributed by atoms with Crippen molar-refractivity contribution in [1.29, 1.82) is 0 Å². The molecule has 0 N–H and O–H groups in total. The molecule has 280 valence electrons. The molecule has 12 aromatic rings. The number of hydrogen-bond acceptors (Lipinski definition) is 6. The largest absolute Gasteiger partial charge is 0.436 e. The molecule has 4 nitrogen and oxygen atoms in total. The quantitative estimate of drug-likeness (QED) is 0.151. The molecule has 12 rings (SSSR count). The van der Waals surface area contributed by atoms with E-state index in [1.54, 1.807) is 22.7 Å². The summed E-state index contributed by atoms with van der Waals surface area (Å²) < 4.78 is 8.76. The smallest absolute Gasteiger partial charge is 0.241 e. The summed E-state index contributed by atoms with van der Waals surface area (Å²) in [6.45, 7) is -0.0134. The first kappa shape index (κ1) is 34.8. The van der Waals surface area contributed by atoms with Crippen LogP contribution in [0.15, 0.2) is 199 Å². The summed E-state index contributed by atoms with van der Waals surface area (Å²) in [4.78, 5) is 15.0. The summed E-state index contributed by atoms with van der Waals surface area (Å²) in [5.41, 5.74) is 12.7. The van der Waals surface area contributed by atoms with E-state index in [1.165, 1.54) is 47.3 Å². The van der Waals surface area contributed by atoms with Gasteiger partial charge in [-0.15, -0.1) is 22.7 Å². The van der Waals surface area contributed by atoms with Crippen molar-refractivity contribution in [3.05, 3.63) is 194 Å². The van der Waals surface area contributed by atoms with Crippen LogP contribution >= 0.6 is 22.7 Å². The van der Waals surface area contributed by atoms with Gasteiger partial charge in [-0.25, -0.2) is 15.0 Å². The van der Waals surface area contributed by atoms with Gasteiger partial charge in [-0.2, -0.15) is 0 Å². The van der Waals surface area contributed by atoms with Crippen LogP contribution in [0.2, 0.25) is 0 Å². The van der Waals surface area contributed by atoms with Crippen molar-refractivity contribution in [2.24, 2.45) is 0 Å². The van der Waals surface area contributed by atoms with Crippen LogP contribution in [0.4, 0.5) is 0 Å². The Bertz CT molecular complexity index is 3280. The summed E-state index contributed by atoms with van der Waals surface area (Å²) in [6.07, 6.45) is 0. The van der Waals surface area contributed by atoms with Crippen molar-refractivity contribution in [3.63, 3.8) is 0 Å². The highest BCUT2D eigenvalue weighted by Gasteiger charge is 2.23. The third kappa shape index (κ3) is 6.27. The van der Waals surface area contributed by atoms with E-state index in [2.05, 4.69) is 182 Å². The predicted octanol–water partition coefficient (Wildman–Crippen LogP) is 12.5. The number of nitrogens with zero attached hydrogens (tertiary/aromatic N) is 3. The second-order valence-electron chi connectivity index (χ2n) is 15.2. The molecule has 0 bridgehead atoms. The van der Waals surface area contributed by atoms with Crippen LogP contribution in [-0.2, 0) is 0 Å². The highest BCUT2D eigenvalue weighted by molar-refractivity contribution is 7.22. The zero-order chi connectivity index (χ0) is 39.6. The van der Waals surface area contributed by atoms with E-state index in [0.717, 1.165) is 60.0 Å². The summed E-state index contributed by atoms with van der Waals surface area (Å²) in [7, 11) is 0. The lowest BCUT2D eigenvalue weighted by atomic mass is 9.37. The minimum absolute atomic E-state index is 0.0134. The van der Waals surface area contributed by atoms with Crippen LogP contribution < -0.4 is 16.4 Å². The first-order valence-corrected chi connectivity index (χ1v) is 21.6. The van der Waals surface area contributed by atoms with E-state index in [-0.39, 0.29) is 6.71 Å². The average Bonchev–Trinajstić information content (AvgIpc) is 4.05. The number of thiazole rings is 2. The van der Waals surface area contributed by atoms with Gasteiger partial charge in [0.2, 0.25) is 12.6 Å². The fourth-order valence-corrected chi connectivity index (χ4v) is 10.4. The van der Waals surface area contributed by atoms with E-state index in [9.17, 15) is 0 Å². The Hall–Kier alpha value is -7.19. The first-order valence-electron chi connectivity index (χ1n) is 20.0. The highest BCUT2D eigenvalue weighted by atomic mass is 32.1. The zero-order valence-corrected chi connectivity index (χ0v) is 33.8. The molecule has 0 saturated heterocycles. The Morgan fingerprint density at radius 3 is 1.32 bits per heavy atom. The van der Waals surface area contributed by atoms with Gasteiger partial charge in [0.1, 0.15) is 15.5 Å². The lowest BCUT2D eigenvalue weighted by molar-refractivity contribution is 0.620. The molecular formula is C53H32BN3OS2. The first-order chi connectivity index (χ1) is 29.6. The lowest BCUT2D eigenvalue weighted by Gasteiger charge is -2.17. The normalized spacial score (nSPS) is 11.7. The van der Waals surface area contributed by atoms with Crippen molar-refractivity contribution in [3.8, 4) is 43.7 Å². The van der Waals surface area contributed by atoms with E-state index in [4.69, 9.17) is 19.4 Å². The summed E-state index contributed by atoms with van der Waals surface area (Å²) >= 11 is 3.49. The van der Waals surface area contributed by atoms with Crippen molar-refractivity contribution < 1.29 is 4.42 Å². The Labute approximate surface area is 354 Å². The van der Waals surface area contributed by atoms with Gasteiger partial charge in [-0.3, -0.25) is 0 Å². The van der Waals surface area contributed by atoms with Crippen LogP contribution in [0, 0.1) is 0 Å². The molecule has 3 heterocycles. The van der Waals surface area contributed by atoms with E-state index >= 15 is 0 Å². The second kappa shape index (κ2) is 14.3. The van der Waals surface area contributed by atoms with Gasteiger partial charge in [0, 0.05) is 16.7 Å². The molecule has 60 heavy (non-hydrogen) atoms. The van der Waals surface area contributed by atoms with Crippen molar-refractivity contribution in [2.45, 2.75) is 0 Å². The van der Waals surface area contributed by atoms with Gasteiger partial charge in [-0.05, 0) is 69.1 Å². The number of oxazole rings is 1. The summed E-state index contributed by atoms with van der Waals surface area (Å²) in [5, 5.41) is 6.94. The van der Waals surface area contributed by atoms with Crippen LogP contribution in [0.3, 0.4) is 0 Å². The van der Waals surface area contributed by atoms with Gasteiger partial charge in [0.25, 0.3) is 0 Å². The van der Waals surface area contributed by atoms with Crippen LogP contribution in [0.25, 0.3) is 96.8 Å². The molecular weight excluding hydrogens is 770 g/mol. The minimum Gasteiger partial charge on any atom is -0.436 e. The molecule has 3 aromatic heterocycles. The lowest BCUT2D eigenvalue weighted by Crippen LogP contribution is -2.51. The molecule has 0 spiro atoms. The zero-order valence-electron chi connectivity index (χ0n) is 32.1. The maximum atomic E-state index is 6.36. The minimum atomic E-state index is -0.0134.